The monoisotopic (exact) mass is 360 g/mol. The van der Waals surface area contributed by atoms with Crippen LogP contribution < -0.4 is 0 Å². The molecule has 1 fully saturated rings. The van der Waals surface area contributed by atoms with Crippen LogP contribution in [0, 0.1) is 5.92 Å². The van der Waals surface area contributed by atoms with E-state index in [2.05, 4.69) is 5.10 Å². The van der Waals surface area contributed by atoms with E-state index in [1.807, 2.05) is 18.3 Å². The maximum atomic E-state index is 12.8. The van der Waals surface area contributed by atoms with Gasteiger partial charge in [-0.1, -0.05) is 12.1 Å². The number of carboxylic acid groups (broad SMARTS) is 1. The van der Waals surface area contributed by atoms with Gasteiger partial charge in [0.1, 0.15) is 0 Å². The molecule has 1 aromatic heterocycles. The summed E-state index contributed by atoms with van der Waals surface area (Å²) >= 11 is 0. The molecule has 0 saturated heterocycles. The number of aliphatic carboxylic acids is 1. The Balaban J connectivity index is 1.80. The molecule has 1 aliphatic rings. The van der Waals surface area contributed by atoms with Gasteiger partial charge in [-0.15, -0.1) is 0 Å². The Kier molecular flexibility index (Phi) is 3.57. The third-order valence-electron chi connectivity index (χ3n) is 4.81. The third-order valence-corrected chi connectivity index (χ3v) is 4.81. The number of benzene rings is 2. The molecule has 4 rings (SSSR count). The largest absolute Gasteiger partial charge is 0.481 e. The summed E-state index contributed by atoms with van der Waals surface area (Å²) in [6.45, 7) is 0. The van der Waals surface area contributed by atoms with Crippen molar-refractivity contribution in [3.8, 4) is 11.1 Å². The number of nitrogens with zero attached hydrogens (tertiary/aromatic N) is 2. The summed E-state index contributed by atoms with van der Waals surface area (Å²) in [6, 6.07) is 8.70. The molecule has 1 aliphatic carbocycles. The molecule has 134 valence electrons. The van der Waals surface area contributed by atoms with Gasteiger partial charge in [-0.3, -0.25) is 9.48 Å². The minimum absolute atomic E-state index is 0.112. The molecule has 2 atom stereocenters. The molecule has 1 N–H and O–H groups in total. The lowest BCUT2D eigenvalue weighted by Crippen LogP contribution is -2.04. The summed E-state index contributed by atoms with van der Waals surface area (Å²) in [4.78, 5) is 11.2. The van der Waals surface area contributed by atoms with Crippen LogP contribution in [0.2, 0.25) is 0 Å². The van der Waals surface area contributed by atoms with Crippen molar-refractivity contribution in [2.24, 2.45) is 13.0 Å². The van der Waals surface area contributed by atoms with Crippen molar-refractivity contribution in [3.05, 3.63) is 53.7 Å². The minimum Gasteiger partial charge on any atom is -0.481 e. The number of carboxylic acids is 1. The van der Waals surface area contributed by atoms with Crippen molar-refractivity contribution in [1.29, 1.82) is 0 Å². The molecule has 0 aliphatic heterocycles. The standard InChI is InChI=1S/C19H15F3N2O2/c1-24-9-12-6-11(10-2-4-13(5-3-10)19(20,21)22)7-15(17(12)23-24)14-8-16(14)18(25)26/h2-7,9,14,16H,8H2,1H3,(H,25,26)/t14?,16-/m1/s1. The van der Waals surface area contributed by atoms with E-state index in [1.165, 1.54) is 12.1 Å². The Hall–Kier alpha value is -2.83. The zero-order valence-electron chi connectivity index (χ0n) is 13.8. The Labute approximate surface area is 146 Å². The van der Waals surface area contributed by atoms with Crippen molar-refractivity contribution in [2.45, 2.75) is 18.5 Å². The van der Waals surface area contributed by atoms with Gasteiger partial charge in [0.15, 0.2) is 0 Å². The van der Waals surface area contributed by atoms with E-state index in [1.54, 1.807) is 11.7 Å². The van der Waals surface area contributed by atoms with Crippen LogP contribution in [0.4, 0.5) is 13.2 Å². The van der Waals surface area contributed by atoms with E-state index in [4.69, 9.17) is 0 Å². The number of aryl methyl sites for hydroxylation is 1. The van der Waals surface area contributed by atoms with Gasteiger partial charge in [0.2, 0.25) is 0 Å². The highest BCUT2D eigenvalue weighted by molar-refractivity contribution is 5.89. The molecular weight excluding hydrogens is 345 g/mol. The summed E-state index contributed by atoms with van der Waals surface area (Å²) in [5, 5.41) is 14.5. The fourth-order valence-corrected chi connectivity index (χ4v) is 3.39. The second kappa shape index (κ2) is 5.59. The van der Waals surface area contributed by atoms with Crippen LogP contribution in [0.3, 0.4) is 0 Å². The average molecular weight is 360 g/mol. The van der Waals surface area contributed by atoms with Crippen molar-refractivity contribution in [2.75, 3.05) is 0 Å². The molecular formula is C19H15F3N2O2. The highest BCUT2D eigenvalue weighted by atomic mass is 19.4. The second-order valence-electron chi connectivity index (χ2n) is 6.67. The second-order valence-corrected chi connectivity index (χ2v) is 6.67. The van der Waals surface area contributed by atoms with Gasteiger partial charge in [-0.05, 0) is 47.4 Å². The number of hydrogen-bond donors (Lipinski definition) is 1. The lowest BCUT2D eigenvalue weighted by molar-refractivity contribution is -0.139. The lowest BCUT2D eigenvalue weighted by atomic mass is 9.97. The van der Waals surface area contributed by atoms with Crippen LogP contribution in [0.25, 0.3) is 22.0 Å². The van der Waals surface area contributed by atoms with Gasteiger partial charge < -0.3 is 5.11 Å². The molecule has 0 spiro atoms. The van der Waals surface area contributed by atoms with E-state index in [0.29, 0.717) is 12.0 Å². The predicted molar refractivity (Wildman–Crippen MR) is 89.6 cm³/mol. The number of rotatable bonds is 3. The molecule has 1 unspecified atom stereocenters. The summed E-state index contributed by atoms with van der Waals surface area (Å²) in [5.74, 6) is -1.37. The Morgan fingerprint density at radius 3 is 2.46 bits per heavy atom. The molecule has 0 amide bonds. The van der Waals surface area contributed by atoms with Gasteiger partial charge in [-0.2, -0.15) is 18.3 Å². The van der Waals surface area contributed by atoms with E-state index in [-0.39, 0.29) is 5.92 Å². The molecule has 1 heterocycles. The Bertz CT molecular complexity index is 1010. The number of hydrogen-bond acceptors (Lipinski definition) is 2. The first-order valence-corrected chi connectivity index (χ1v) is 8.12. The Morgan fingerprint density at radius 1 is 1.19 bits per heavy atom. The summed E-state index contributed by atoms with van der Waals surface area (Å²) in [7, 11) is 1.78. The van der Waals surface area contributed by atoms with Crippen molar-refractivity contribution >= 4 is 16.9 Å². The lowest BCUT2D eigenvalue weighted by Gasteiger charge is -2.09. The van der Waals surface area contributed by atoms with Gasteiger partial charge in [-0.25, -0.2) is 0 Å². The quantitative estimate of drug-likeness (QED) is 0.751. The maximum absolute atomic E-state index is 12.8. The van der Waals surface area contributed by atoms with E-state index in [9.17, 15) is 23.1 Å². The number of alkyl halides is 3. The predicted octanol–water partition coefficient (Wildman–Crippen LogP) is 4.45. The summed E-state index contributed by atoms with van der Waals surface area (Å²) in [6.07, 6.45) is -2.00. The first-order chi connectivity index (χ1) is 12.2. The highest BCUT2D eigenvalue weighted by Crippen LogP contribution is 2.50. The number of carbonyl (C=O) groups is 1. The smallest absolute Gasteiger partial charge is 0.416 e. The van der Waals surface area contributed by atoms with Crippen LogP contribution in [0.15, 0.2) is 42.6 Å². The maximum Gasteiger partial charge on any atom is 0.416 e. The first-order valence-electron chi connectivity index (χ1n) is 8.12. The fourth-order valence-electron chi connectivity index (χ4n) is 3.39. The topological polar surface area (TPSA) is 55.1 Å². The summed E-state index contributed by atoms with van der Waals surface area (Å²) in [5.41, 5.74) is 2.29. The molecule has 3 aromatic rings. The van der Waals surface area contributed by atoms with Crippen molar-refractivity contribution in [1.82, 2.24) is 9.78 Å². The molecule has 4 nitrogen and oxygen atoms in total. The van der Waals surface area contributed by atoms with E-state index >= 15 is 0 Å². The average Bonchev–Trinajstić information content (AvgIpc) is 3.28. The minimum atomic E-state index is -4.38. The van der Waals surface area contributed by atoms with Crippen LogP contribution in [0.5, 0.6) is 0 Å². The number of fused-ring (bicyclic) bond motifs is 1. The number of aromatic nitrogens is 2. The van der Waals surface area contributed by atoms with Crippen molar-refractivity contribution < 1.29 is 23.1 Å². The van der Waals surface area contributed by atoms with Crippen molar-refractivity contribution in [3.63, 3.8) is 0 Å². The van der Waals surface area contributed by atoms with Gasteiger partial charge >= 0.3 is 12.1 Å². The zero-order chi connectivity index (χ0) is 18.6. The fraction of sp³-hybridized carbons (Fsp3) is 0.263. The molecule has 7 heteroatoms. The number of halogens is 3. The van der Waals surface area contributed by atoms with Crippen LogP contribution >= 0.6 is 0 Å². The van der Waals surface area contributed by atoms with Crippen LogP contribution in [-0.2, 0) is 18.0 Å². The van der Waals surface area contributed by atoms with Gasteiger partial charge in [0.25, 0.3) is 0 Å². The normalized spacial score (nSPS) is 19.7. The van der Waals surface area contributed by atoms with Gasteiger partial charge in [0, 0.05) is 24.5 Å². The molecule has 2 aromatic carbocycles. The van der Waals surface area contributed by atoms with E-state index in [0.717, 1.165) is 34.2 Å². The molecule has 1 saturated carbocycles. The highest BCUT2D eigenvalue weighted by Gasteiger charge is 2.45. The van der Waals surface area contributed by atoms with Gasteiger partial charge in [0.05, 0.1) is 17.0 Å². The van der Waals surface area contributed by atoms with E-state index < -0.39 is 23.6 Å². The summed E-state index contributed by atoms with van der Waals surface area (Å²) < 4.78 is 39.9. The Morgan fingerprint density at radius 2 is 1.88 bits per heavy atom. The van der Waals surface area contributed by atoms with Crippen LogP contribution in [0.1, 0.15) is 23.5 Å². The molecule has 0 radical (unpaired) electrons. The molecule has 26 heavy (non-hydrogen) atoms. The SMILES string of the molecule is Cn1cc2cc(-c3ccc(C(F)(F)F)cc3)cc(C3C[C@H]3C(=O)O)c2n1. The third kappa shape index (κ3) is 2.83. The molecule has 0 bridgehead atoms. The first kappa shape index (κ1) is 16.6. The zero-order valence-corrected chi connectivity index (χ0v) is 13.8. The van der Waals surface area contributed by atoms with Crippen LogP contribution in [-0.4, -0.2) is 20.9 Å².